The van der Waals surface area contributed by atoms with Crippen LogP contribution in [-0.4, -0.2) is 49.0 Å². The third-order valence-electron chi connectivity index (χ3n) is 3.92. The molecule has 3 rings (SSSR count). The summed E-state index contributed by atoms with van der Waals surface area (Å²) in [5.74, 6) is -0.313. The third-order valence-corrected chi connectivity index (χ3v) is 3.92. The maximum Gasteiger partial charge on any atom is 0.408 e. The number of β-amino-alcohol motifs (C(OH)–C–C–N with tert-alkyl or cyclic N) is 1. The Hall–Kier alpha value is -2.07. The summed E-state index contributed by atoms with van der Waals surface area (Å²) in [6.07, 6.45) is -4.63. The van der Waals surface area contributed by atoms with Crippen molar-refractivity contribution in [3.05, 3.63) is 41.5 Å². The Balaban J connectivity index is 1.78. The fourth-order valence-electron chi connectivity index (χ4n) is 2.90. The summed E-state index contributed by atoms with van der Waals surface area (Å²) in [4.78, 5) is 1.79. The van der Waals surface area contributed by atoms with Gasteiger partial charge in [-0.05, 0) is 34.5 Å². The van der Waals surface area contributed by atoms with Gasteiger partial charge in [-0.1, -0.05) is 12.1 Å². The molecule has 0 saturated carbocycles. The number of likely N-dealkylation sites (tertiary alicyclic amines) is 1. The molecule has 2 heterocycles. The number of alkyl halides is 3. The van der Waals surface area contributed by atoms with Gasteiger partial charge >= 0.3 is 6.18 Å². The van der Waals surface area contributed by atoms with E-state index >= 15 is 0 Å². The summed E-state index contributed by atoms with van der Waals surface area (Å²) >= 11 is 0. The van der Waals surface area contributed by atoms with Gasteiger partial charge in [-0.25, -0.2) is 9.07 Å². The fraction of sp³-hybridized carbons (Fsp3) is 0.500. The Labute approximate surface area is 134 Å². The zero-order valence-corrected chi connectivity index (χ0v) is 12.5. The zero-order chi connectivity index (χ0) is 17.3. The van der Waals surface area contributed by atoms with Gasteiger partial charge in [0.05, 0.1) is 12.6 Å². The molecule has 1 aliphatic rings. The van der Waals surface area contributed by atoms with Crippen LogP contribution in [0.2, 0.25) is 0 Å². The van der Waals surface area contributed by atoms with Gasteiger partial charge in [0.1, 0.15) is 12.4 Å². The Morgan fingerprint density at radius 3 is 2.58 bits per heavy atom. The normalized spacial score (nSPS) is 22.2. The van der Waals surface area contributed by atoms with Crippen LogP contribution in [-0.2, 0) is 13.1 Å². The quantitative estimate of drug-likeness (QED) is 0.854. The van der Waals surface area contributed by atoms with E-state index in [1.54, 1.807) is 17.0 Å². The number of nitrogens with zero attached hydrogens (tertiary/aromatic N) is 5. The molecule has 1 fully saturated rings. The molecule has 0 radical (unpaired) electrons. The number of hydrogen-bond donors (Lipinski definition) is 1. The molecule has 1 aliphatic heterocycles. The second-order valence-electron chi connectivity index (χ2n) is 5.75. The number of halogens is 4. The van der Waals surface area contributed by atoms with Gasteiger partial charge in [0.15, 0.2) is 5.82 Å². The fourth-order valence-corrected chi connectivity index (χ4v) is 2.90. The average Bonchev–Trinajstić information content (AvgIpc) is 3.06. The average molecular weight is 345 g/mol. The van der Waals surface area contributed by atoms with Crippen LogP contribution in [0.5, 0.6) is 0 Å². The van der Waals surface area contributed by atoms with E-state index in [0.717, 1.165) is 5.56 Å². The highest BCUT2D eigenvalue weighted by Gasteiger charge is 2.35. The topological polar surface area (TPSA) is 67.1 Å². The molecular formula is C14H15F4N5O. The van der Waals surface area contributed by atoms with E-state index in [1.807, 2.05) is 0 Å². The minimum absolute atomic E-state index is 0.0577. The first-order valence-electron chi connectivity index (χ1n) is 7.31. The molecule has 2 atom stereocenters. The number of aliphatic hydroxyl groups excluding tert-OH is 1. The zero-order valence-electron chi connectivity index (χ0n) is 12.5. The van der Waals surface area contributed by atoms with Crippen molar-refractivity contribution in [2.75, 3.05) is 6.54 Å². The molecule has 0 bridgehead atoms. The molecule has 130 valence electrons. The number of aliphatic hydroxyl groups is 1. The Bertz CT molecular complexity index is 687. The van der Waals surface area contributed by atoms with E-state index < -0.39 is 18.8 Å². The smallest absolute Gasteiger partial charge is 0.392 e. The Kier molecular flexibility index (Phi) is 4.50. The summed E-state index contributed by atoms with van der Waals surface area (Å²) in [5, 5.41) is 20.2. The highest BCUT2D eigenvalue weighted by atomic mass is 19.4. The second kappa shape index (κ2) is 6.44. The molecule has 10 heteroatoms. The standard InChI is InChI=1S/C14H15F4N5O/c15-10-3-1-9(2-4-10)12-5-11(24)6-22(12)7-13-19-20-21-23(13)8-14(16,17)18/h1-4,11-12,24H,5-8H2. The van der Waals surface area contributed by atoms with E-state index in [-0.39, 0.29) is 30.8 Å². The van der Waals surface area contributed by atoms with Gasteiger partial charge < -0.3 is 5.11 Å². The highest BCUT2D eigenvalue weighted by molar-refractivity contribution is 5.21. The molecule has 1 aromatic carbocycles. The van der Waals surface area contributed by atoms with Crippen LogP contribution in [0, 0.1) is 5.82 Å². The molecule has 1 saturated heterocycles. The number of benzene rings is 1. The van der Waals surface area contributed by atoms with Crippen molar-refractivity contribution >= 4 is 0 Å². The van der Waals surface area contributed by atoms with Crippen molar-refractivity contribution in [3.63, 3.8) is 0 Å². The summed E-state index contributed by atoms with van der Waals surface area (Å²) in [5.41, 5.74) is 0.780. The number of hydrogen-bond acceptors (Lipinski definition) is 5. The Morgan fingerprint density at radius 2 is 1.92 bits per heavy atom. The van der Waals surface area contributed by atoms with Crippen LogP contribution < -0.4 is 0 Å². The first-order valence-corrected chi connectivity index (χ1v) is 7.31. The highest BCUT2D eigenvalue weighted by Crippen LogP contribution is 2.33. The van der Waals surface area contributed by atoms with Crippen LogP contribution in [0.25, 0.3) is 0 Å². The van der Waals surface area contributed by atoms with Crippen LogP contribution in [0.3, 0.4) is 0 Å². The van der Waals surface area contributed by atoms with Crippen molar-refractivity contribution in [2.24, 2.45) is 0 Å². The lowest BCUT2D eigenvalue weighted by Crippen LogP contribution is -2.28. The molecule has 2 aromatic rings. The summed E-state index contributed by atoms with van der Waals surface area (Å²) in [7, 11) is 0. The molecule has 0 spiro atoms. The van der Waals surface area contributed by atoms with Crippen LogP contribution >= 0.6 is 0 Å². The molecule has 0 amide bonds. The van der Waals surface area contributed by atoms with Crippen LogP contribution in [0.15, 0.2) is 24.3 Å². The Morgan fingerprint density at radius 1 is 1.21 bits per heavy atom. The number of aromatic nitrogens is 4. The number of rotatable bonds is 4. The first-order chi connectivity index (χ1) is 11.3. The molecule has 1 aromatic heterocycles. The van der Waals surface area contributed by atoms with E-state index in [2.05, 4.69) is 15.5 Å². The van der Waals surface area contributed by atoms with Gasteiger partial charge in [-0.15, -0.1) is 5.10 Å². The second-order valence-corrected chi connectivity index (χ2v) is 5.75. The maximum atomic E-state index is 13.1. The van der Waals surface area contributed by atoms with E-state index in [0.29, 0.717) is 11.1 Å². The van der Waals surface area contributed by atoms with Crippen molar-refractivity contribution in [1.29, 1.82) is 0 Å². The lowest BCUT2D eigenvalue weighted by molar-refractivity contribution is -0.143. The first kappa shape index (κ1) is 16.8. The van der Waals surface area contributed by atoms with E-state index in [1.165, 1.54) is 12.1 Å². The van der Waals surface area contributed by atoms with Crippen molar-refractivity contribution in [3.8, 4) is 0 Å². The predicted molar refractivity (Wildman–Crippen MR) is 74.0 cm³/mol. The monoisotopic (exact) mass is 345 g/mol. The molecule has 0 aliphatic carbocycles. The minimum Gasteiger partial charge on any atom is -0.392 e. The molecule has 24 heavy (non-hydrogen) atoms. The van der Waals surface area contributed by atoms with Crippen molar-refractivity contribution in [2.45, 2.75) is 37.8 Å². The lowest BCUT2D eigenvalue weighted by atomic mass is 10.0. The maximum absolute atomic E-state index is 13.1. The summed E-state index contributed by atoms with van der Waals surface area (Å²) < 4.78 is 51.4. The van der Waals surface area contributed by atoms with E-state index in [9.17, 15) is 22.7 Å². The van der Waals surface area contributed by atoms with Gasteiger partial charge in [-0.3, -0.25) is 4.90 Å². The predicted octanol–water partition coefficient (Wildman–Crippen LogP) is 1.68. The van der Waals surface area contributed by atoms with Gasteiger partial charge in [-0.2, -0.15) is 13.2 Å². The van der Waals surface area contributed by atoms with Crippen molar-refractivity contribution in [1.82, 2.24) is 25.1 Å². The minimum atomic E-state index is -4.43. The lowest BCUT2D eigenvalue weighted by Gasteiger charge is -2.24. The third kappa shape index (κ3) is 3.88. The van der Waals surface area contributed by atoms with Crippen LogP contribution in [0.1, 0.15) is 23.9 Å². The van der Waals surface area contributed by atoms with Gasteiger partial charge in [0.2, 0.25) is 0 Å². The van der Waals surface area contributed by atoms with Crippen LogP contribution in [0.4, 0.5) is 17.6 Å². The van der Waals surface area contributed by atoms with Gasteiger partial charge in [0, 0.05) is 12.6 Å². The van der Waals surface area contributed by atoms with E-state index in [4.69, 9.17) is 0 Å². The molecular weight excluding hydrogens is 330 g/mol. The van der Waals surface area contributed by atoms with Crippen molar-refractivity contribution < 1.29 is 22.7 Å². The SMILES string of the molecule is OC1CC(c2ccc(F)cc2)N(Cc2nnnn2CC(F)(F)F)C1. The summed E-state index contributed by atoms with van der Waals surface area (Å²) in [6, 6.07) is 5.59. The summed E-state index contributed by atoms with van der Waals surface area (Å²) in [6.45, 7) is -0.934. The number of tetrazole rings is 1. The molecule has 2 unspecified atom stereocenters. The molecule has 1 N–H and O–H groups in total. The largest absolute Gasteiger partial charge is 0.408 e. The van der Waals surface area contributed by atoms with Gasteiger partial charge in [0.25, 0.3) is 0 Å². The molecule has 6 nitrogen and oxygen atoms in total.